The highest BCUT2D eigenvalue weighted by atomic mass is 32.2. The van der Waals surface area contributed by atoms with Crippen molar-refractivity contribution in [3.8, 4) is 5.75 Å². The van der Waals surface area contributed by atoms with Crippen LogP contribution in [0.25, 0.3) is 0 Å². The number of anilines is 1. The van der Waals surface area contributed by atoms with Crippen molar-refractivity contribution < 1.29 is 27.1 Å². The Morgan fingerprint density at radius 2 is 1.75 bits per heavy atom. The smallest absolute Gasteiger partial charge is 0.242 e. The summed E-state index contributed by atoms with van der Waals surface area (Å²) in [6.07, 6.45) is 1.29. The number of rotatable bonds is 11. The number of hydrogen-bond donors (Lipinski definition) is 1. The Balaban J connectivity index is 2.20. The molecule has 0 saturated carbocycles. The highest BCUT2D eigenvalue weighted by molar-refractivity contribution is 7.92. The molecule has 2 aromatic rings. The molecule has 36 heavy (non-hydrogen) atoms. The van der Waals surface area contributed by atoms with Crippen LogP contribution in [0.3, 0.4) is 0 Å². The van der Waals surface area contributed by atoms with E-state index >= 15 is 0 Å². The van der Waals surface area contributed by atoms with E-state index in [-0.39, 0.29) is 37.7 Å². The molecule has 0 radical (unpaired) electrons. The van der Waals surface area contributed by atoms with Crippen molar-refractivity contribution in [2.24, 2.45) is 0 Å². The molecule has 8 nitrogen and oxygen atoms in total. The Morgan fingerprint density at radius 3 is 2.31 bits per heavy atom. The van der Waals surface area contributed by atoms with Crippen molar-refractivity contribution in [2.45, 2.75) is 58.7 Å². The van der Waals surface area contributed by atoms with Crippen LogP contribution < -0.4 is 14.4 Å². The van der Waals surface area contributed by atoms with Crippen LogP contribution in [0.4, 0.5) is 10.1 Å². The van der Waals surface area contributed by atoms with E-state index in [0.717, 1.165) is 16.1 Å². The normalized spacial score (nSPS) is 12.5. The second-order valence-corrected chi connectivity index (χ2v) is 11.6. The molecule has 10 heteroatoms. The fourth-order valence-corrected chi connectivity index (χ4v) is 4.60. The summed E-state index contributed by atoms with van der Waals surface area (Å²) in [7, 11) is -2.10. The molecule has 0 aliphatic rings. The van der Waals surface area contributed by atoms with E-state index in [1.165, 1.54) is 29.2 Å². The molecule has 0 spiro atoms. The van der Waals surface area contributed by atoms with Crippen LogP contribution in [0.5, 0.6) is 5.75 Å². The lowest BCUT2D eigenvalue weighted by atomic mass is 10.1. The van der Waals surface area contributed by atoms with Crippen LogP contribution in [0.15, 0.2) is 48.5 Å². The highest BCUT2D eigenvalue weighted by Crippen LogP contribution is 2.20. The van der Waals surface area contributed by atoms with Gasteiger partial charge in [0.25, 0.3) is 0 Å². The van der Waals surface area contributed by atoms with Crippen LogP contribution in [-0.2, 0) is 26.2 Å². The molecule has 0 fully saturated rings. The van der Waals surface area contributed by atoms with Gasteiger partial charge in [0.1, 0.15) is 17.6 Å². The Bertz CT molecular complexity index is 1150. The molecule has 0 aromatic heterocycles. The molecule has 0 aliphatic carbocycles. The summed E-state index contributed by atoms with van der Waals surface area (Å²) in [5.41, 5.74) is 0.640. The number of benzene rings is 2. The maximum absolute atomic E-state index is 13.3. The molecule has 2 rings (SSSR count). The van der Waals surface area contributed by atoms with E-state index in [9.17, 15) is 22.4 Å². The molecule has 0 heterocycles. The third-order valence-electron chi connectivity index (χ3n) is 5.42. The molecule has 0 saturated heterocycles. The summed E-state index contributed by atoms with van der Waals surface area (Å²) in [6.45, 7) is 7.47. The number of carbonyl (C=O) groups excluding carboxylic acids is 2. The average Bonchev–Trinajstić information content (AvgIpc) is 2.78. The van der Waals surface area contributed by atoms with Gasteiger partial charge in [-0.1, -0.05) is 12.1 Å². The molecular formula is C26H36FN3O5S. The number of sulfonamides is 1. The largest absolute Gasteiger partial charge is 0.497 e. The second kappa shape index (κ2) is 12.2. The molecule has 0 aliphatic heterocycles. The van der Waals surface area contributed by atoms with E-state index < -0.39 is 27.4 Å². The zero-order valence-corrected chi connectivity index (χ0v) is 22.6. The monoisotopic (exact) mass is 521 g/mol. The van der Waals surface area contributed by atoms with Crippen LogP contribution in [0.1, 0.15) is 46.1 Å². The summed E-state index contributed by atoms with van der Waals surface area (Å²) in [5, 5.41) is 2.91. The lowest BCUT2D eigenvalue weighted by molar-refractivity contribution is -0.141. The summed E-state index contributed by atoms with van der Waals surface area (Å²) in [6, 6.07) is 11.6. The molecule has 0 unspecified atom stereocenters. The van der Waals surface area contributed by atoms with Crippen LogP contribution >= 0.6 is 0 Å². The van der Waals surface area contributed by atoms with Gasteiger partial charge in [0.15, 0.2) is 0 Å². The van der Waals surface area contributed by atoms with Crippen molar-refractivity contribution in [3.05, 3.63) is 59.9 Å². The fraction of sp³-hybridized carbons (Fsp3) is 0.462. The number of methoxy groups -OCH3 is 1. The van der Waals surface area contributed by atoms with Gasteiger partial charge in [0.2, 0.25) is 21.8 Å². The molecule has 0 bridgehead atoms. The third-order valence-corrected chi connectivity index (χ3v) is 6.61. The minimum Gasteiger partial charge on any atom is -0.497 e. The van der Waals surface area contributed by atoms with Gasteiger partial charge >= 0.3 is 0 Å². The zero-order valence-electron chi connectivity index (χ0n) is 21.7. The maximum Gasteiger partial charge on any atom is 0.242 e. The van der Waals surface area contributed by atoms with Crippen LogP contribution in [-0.4, -0.2) is 56.6 Å². The van der Waals surface area contributed by atoms with E-state index in [4.69, 9.17) is 4.74 Å². The molecular weight excluding hydrogens is 485 g/mol. The number of hydrogen-bond acceptors (Lipinski definition) is 5. The standard InChI is InChI=1S/C26H36FN3O5S/c1-19(25(32)28-26(2,3)4)29(18-20-9-7-10-23(17-20)35-5)24(31)11-8-16-30(36(6,33)34)22-14-12-21(27)13-15-22/h7,9-10,12-15,17,19H,8,11,16,18H2,1-6H3,(H,28,32)/t19-/m1/s1. The minimum atomic E-state index is -3.65. The van der Waals surface area contributed by atoms with Crippen molar-refractivity contribution in [1.82, 2.24) is 10.2 Å². The van der Waals surface area contributed by atoms with Crippen molar-refractivity contribution >= 4 is 27.5 Å². The minimum absolute atomic E-state index is 0.0182. The van der Waals surface area contributed by atoms with Crippen molar-refractivity contribution in [2.75, 3.05) is 24.2 Å². The first-order valence-electron chi connectivity index (χ1n) is 11.7. The predicted molar refractivity (Wildman–Crippen MR) is 139 cm³/mol. The fourth-order valence-electron chi connectivity index (χ4n) is 3.64. The van der Waals surface area contributed by atoms with Crippen molar-refractivity contribution in [1.29, 1.82) is 0 Å². The van der Waals surface area contributed by atoms with Gasteiger partial charge in [-0.2, -0.15) is 0 Å². The molecule has 2 amide bonds. The lowest BCUT2D eigenvalue weighted by Crippen LogP contribution is -2.52. The van der Waals surface area contributed by atoms with E-state index in [2.05, 4.69) is 5.32 Å². The van der Waals surface area contributed by atoms with Crippen LogP contribution in [0, 0.1) is 5.82 Å². The van der Waals surface area contributed by atoms with Gasteiger partial charge in [-0.25, -0.2) is 12.8 Å². The van der Waals surface area contributed by atoms with Crippen LogP contribution in [0.2, 0.25) is 0 Å². The number of amides is 2. The topological polar surface area (TPSA) is 96.0 Å². The first-order chi connectivity index (χ1) is 16.7. The van der Waals surface area contributed by atoms with Gasteiger partial charge in [0, 0.05) is 25.0 Å². The lowest BCUT2D eigenvalue weighted by Gasteiger charge is -2.32. The summed E-state index contributed by atoms with van der Waals surface area (Å²) >= 11 is 0. The maximum atomic E-state index is 13.3. The number of halogens is 1. The molecule has 1 N–H and O–H groups in total. The third kappa shape index (κ3) is 8.82. The number of ether oxygens (including phenoxy) is 1. The van der Waals surface area contributed by atoms with E-state index in [0.29, 0.717) is 11.4 Å². The number of carbonyl (C=O) groups is 2. The Hall–Kier alpha value is -3.14. The Morgan fingerprint density at radius 1 is 1.11 bits per heavy atom. The average molecular weight is 522 g/mol. The summed E-state index contributed by atoms with van der Waals surface area (Å²) < 4.78 is 44.4. The summed E-state index contributed by atoms with van der Waals surface area (Å²) in [4.78, 5) is 27.7. The SMILES string of the molecule is COc1cccc(CN(C(=O)CCCN(c2ccc(F)cc2)S(C)(=O)=O)[C@H](C)C(=O)NC(C)(C)C)c1. The number of nitrogens with one attached hydrogen (secondary N) is 1. The first-order valence-corrected chi connectivity index (χ1v) is 13.5. The van der Waals surface area contributed by atoms with E-state index in [1.807, 2.05) is 32.9 Å². The van der Waals surface area contributed by atoms with E-state index in [1.54, 1.807) is 26.2 Å². The molecule has 1 atom stereocenters. The van der Waals surface area contributed by atoms with Gasteiger partial charge in [0.05, 0.1) is 19.1 Å². The quantitative estimate of drug-likeness (QED) is 0.486. The summed E-state index contributed by atoms with van der Waals surface area (Å²) in [5.74, 6) is -0.419. The molecule has 198 valence electrons. The van der Waals surface area contributed by atoms with Gasteiger partial charge in [-0.3, -0.25) is 13.9 Å². The first kappa shape index (κ1) is 29.1. The van der Waals surface area contributed by atoms with Gasteiger partial charge in [-0.05, 0) is 76.1 Å². The van der Waals surface area contributed by atoms with Crippen molar-refractivity contribution in [3.63, 3.8) is 0 Å². The Labute approximate surface area is 213 Å². The Kier molecular flexibility index (Phi) is 9.86. The predicted octanol–water partition coefficient (Wildman–Crippen LogP) is 3.71. The van der Waals surface area contributed by atoms with Gasteiger partial charge < -0.3 is 15.0 Å². The zero-order chi connectivity index (χ0) is 27.1. The number of nitrogens with zero attached hydrogens (tertiary/aromatic N) is 2. The highest BCUT2D eigenvalue weighted by Gasteiger charge is 2.28. The van der Waals surface area contributed by atoms with Gasteiger partial charge in [-0.15, -0.1) is 0 Å². The molecule has 2 aromatic carbocycles. The second-order valence-electron chi connectivity index (χ2n) is 9.70.